The van der Waals surface area contributed by atoms with Crippen molar-refractivity contribution >= 4 is 0 Å². The lowest BCUT2D eigenvalue weighted by atomic mass is 9.91. The second-order valence-corrected chi connectivity index (χ2v) is 4.39. The van der Waals surface area contributed by atoms with Gasteiger partial charge in [0.1, 0.15) is 0 Å². The summed E-state index contributed by atoms with van der Waals surface area (Å²) in [6, 6.07) is 3.61. The van der Waals surface area contributed by atoms with Gasteiger partial charge in [0.05, 0.1) is 21.3 Å². The minimum Gasteiger partial charge on any atom is -0.493 e. The van der Waals surface area contributed by atoms with E-state index in [4.69, 9.17) is 25.7 Å². The summed E-state index contributed by atoms with van der Waals surface area (Å²) in [5.74, 6) is 2.02. The molecular weight excluding hydrogens is 244 g/mol. The standard InChI is InChI=1S/C14H24N2O3/c1-5-9(8-15)13(16)10-6-11(17-2)14(19-4)12(7-10)18-3/h6-7,9,13H,5,8,15-16H2,1-4H3. The van der Waals surface area contributed by atoms with Crippen LogP contribution in [0.5, 0.6) is 17.2 Å². The molecule has 2 atom stereocenters. The van der Waals surface area contributed by atoms with Crippen molar-refractivity contribution in [3.05, 3.63) is 17.7 Å². The fourth-order valence-electron chi connectivity index (χ4n) is 2.13. The van der Waals surface area contributed by atoms with E-state index in [1.807, 2.05) is 12.1 Å². The van der Waals surface area contributed by atoms with Gasteiger partial charge in [-0.15, -0.1) is 0 Å². The summed E-state index contributed by atoms with van der Waals surface area (Å²) >= 11 is 0. The van der Waals surface area contributed by atoms with Gasteiger partial charge in [-0.1, -0.05) is 13.3 Å². The van der Waals surface area contributed by atoms with Crippen LogP contribution in [0.3, 0.4) is 0 Å². The van der Waals surface area contributed by atoms with Crippen LogP contribution in [-0.4, -0.2) is 27.9 Å². The third-order valence-electron chi connectivity index (χ3n) is 3.41. The van der Waals surface area contributed by atoms with Crippen molar-refractivity contribution in [1.82, 2.24) is 0 Å². The predicted molar refractivity (Wildman–Crippen MR) is 75.9 cm³/mol. The Morgan fingerprint density at radius 3 is 1.89 bits per heavy atom. The Hall–Kier alpha value is -1.46. The minimum absolute atomic E-state index is 0.149. The van der Waals surface area contributed by atoms with Crippen LogP contribution in [0.1, 0.15) is 24.9 Å². The van der Waals surface area contributed by atoms with Gasteiger partial charge in [-0.3, -0.25) is 0 Å². The Morgan fingerprint density at radius 1 is 1.05 bits per heavy atom. The Balaban J connectivity index is 3.22. The van der Waals surface area contributed by atoms with Crippen LogP contribution in [0.2, 0.25) is 0 Å². The summed E-state index contributed by atoms with van der Waals surface area (Å²) in [4.78, 5) is 0. The summed E-state index contributed by atoms with van der Waals surface area (Å²) in [6.45, 7) is 2.63. The second-order valence-electron chi connectivity index (χ2n) is 4.39. The van der Waals surface area contributed by atoms with Gasteiger partial charge in [0.25, 0.3) is 0 Å². The smallest absolute Gasteiger partial charge is 0.203 e. The molecule has 0 fully saturated rings. The molecule has 0 aromatic heterocycles. The molecule has 19 heavy (non-hydrogen) atoms. The first-order chi connectivity index (χ1) is 9.12. The van der Waals surface area contributed by atoms with Crippen molar-refractivity contribution in [3.8, 4) is 17.2 Å². The maximum Gasteiger partial charge on any atom is 0.203 e. The molecule has 1 aromatic rings. The molecule has 0 spiro atoms. The van der Waals surface area contributed by atoms with Gasteiger partial charge in [0.15, 0.2) is 11.5 Å². The van der Waals surface area contributed by atoms with E-state index in [1.165, 1.54) is 0 Å². The van der Waals surface area contributed by atoms with Crippen LogP contribution in [0.15, 0.2) is 12.1 Å². The van der Waals surface area contributed by atoms with Crippen molar-refractivity contribution < 1.29 is 14.2 Å². The van der Waals surface area contributed by atoms with E-state index in [0.717, 1.165) is 12.0 Å². The number of ether oxygens (including phenoxy) is 3. The van der Waals surface area contributed by atoms with Crippen LogP contribution in [0.25, 0.3) is 0 Å². The zero-order chi connectivity index (χ0) is 14.4. The summed E-state index contributed by atoms with van der Waals surface area (Å²) in [5, 5.41) is 0. The molecule has 0 saturated carbocycles. The van der Waals surface area contributed by atoms with Crippen molar-refractivity contribution in [1.29, 1.82) is 0 Å². The molecule has 5 heteroatoms. The second kappa shape index (κ2) is 7.21. The van der Waals surface area contributed by atoms with Gasteiger partial charge in [-0.05, 0) is 30.2 Å². The molecule has 0 amide bonds. The normalized spacial score (nSPS) is 13.8. The highest BCUT2D eigenvalue weighted by Gasteiger charge is 2.21. The monoisotopic (exact) mass is 268 g/mol. The number of rotatable bonds is 7. The SMILES string of the molecule is CCC(CN)C(N)c1cc(OC)c(OC)c(OC)c1. The quantitative estimate of drug-likeness (QED) is 0.786. The number of hydrogen-bond acceptors (Lipinski definition) is 5. The molecule has 0 aliphatic rings. The maximum atomic E-state index is 6.27. The molecule has 0 bridgehead atoms. The molecule has 1 aromatic carbocycles. The highest BCUT2D eigenvalue weighted by Crippen LogP contribution is 2.40. The van der Waals surface area contributed by atoms with Gasteiger partial charge in [0, 0.05) is 6.04 Å². The molecule has 4 N–H and O–H groups in total. The molecule has 108 valence electrons. The van der Waals surface area contributed by atoms with E-state index in [1.54, 1.807) is 21.3 Å². The molecule has 5 nitrogen and oxygen atoms in total. The van der Waals surface area contributed by atoms with Crippen molar-refractivity contribution in [2.75, 3.05) is 27.9 Å². The van der Waals surface area contributed by atoms with Crippen LogP contribution in [-0.2, 0) is 0 Å². The maximum absolute atomic E-state index is 6.27. The Bertz CT molecular complexity index is 381. The molecule has 0 radical (unpaired) electrons. The average molecular weight is 268 g/mol. The van der Waals surface area contributed by atoms with Crippen molar-refractivity contribution in [3.63, 3.8) is 0 Å². The Morgan fingerprint density at radius 2 is 1.58 bits per heavy atom. The van der Waals surface area contributed by atoms with E-state index in [0.29, 0.717) is 23.8 Å². The van der Waals surface area contributed by atoms with Gasteiger partial charge >= 0.3 is 0 Å². The highest BCUT2D eigenvalue weighted by molar-refractivity contribution is 5.54. The van der Waals surface area contributed by atoms with Crippen molar-refractivity contribution in [2.45, 2.75) is 19.4 Å². The van der Waals surface area contributed by atoms with Crippen LogP contribution < -0.4 is 25.7 Å². The van der Waals surface area contributed by atoms with E-state index in [-0.39, 0.29) is 12.0 Å². The number of nitrogens with two attached hydrogens (primary N) is 2. The van der Waals surface area contributed by atoms with Gasteiger partial charge in [-0.25, -0.2) is 0 Å². The molecule has 0 aliphatic carbocycles. The van der Waals surface area contributed by atoms with Gasteiger partial charge in [-0.2, -0.15) is 0 Å². The molecule has 0 aliphatic heterocycles. The van der Waals surface area contributed by atoms with Gasteiger partial charge in [0.2, 0.25) is 5.75 Å². The largest absolute Gasteiger partial charge is 0.493 e. The molecule has 2 unspecified atom stereocenters. The first-order valence-corrected chi connectivity index (χ1v) is 6.38. The third kappa shape index (κ3) is 3.30. The fraction of sp³-hybridized carbons (Fsp3) is 0.571. The first kappa shape index (κ1) is 15.6. The topological polar surface area (TPSA) is 79.7 Å². The number of hydrogen-bond donors (Lipinski definition) is 2. The molecule has 1 rings (SSSR count). The van der Waals surface area contributed by atoms with E-state index >= 15 is 0 Å². The lowest BCUT2D eigenvalue weighted by molar-refractivity contribution is 0.322. The van der Waals surface area contributed by atoms with E-state index < -0.39 is 0 Å². The van der Waals surface area contributed by atoms with Crippen LogP contribution in [0, 0.1) is 5.92 Å². The zero-order valence-electron chi connectivity index (χ0n) is 12.1. The zero-order valence-corrected chi connectivity index (χ0v) is 12.1. The lowest BCUT2D eigenvalue weighted by Crippen LogP contribution is -2.27. The molecular formula is C14H24N2O3. The number of benzene rings is 1. The predicted octanol–water partition coefficient (Wildman–Crippen LogP) is 1.70. The van der Waals surface area contributed by atoms with Gasteiger partial charge < -0.3 is 25.7 Å². The average Bonchev–Trinajstić information content (AvgIpc) is 2.46. The Kier molecular flexibility index (Phi) is 5.92. The summed E-state index contributed by atoms with van der Waals surface area (Å²) < 4.78 is 15.9. The highest BCUT2D eigenvalue weighted by atomic mass is 16.5. The minimum atomic E-state index is -0.149. The lowest BCUT2D eigenvalue weighted by Gasteiger charge is -2.23. The van der Waals surface area contributed by atoms with Crippen LogP contribution >= 0.6 is 0 Å². The van der Waals surface area contributed by atoms with E-state index in [2.05, 4.69) is 6.92 Å². The summed E-state index contributed by atoms with van der Waals surface area (Å²) in [7, 11) is 4.76. The van der Waals surface area contributed by atoms with Crippen molar-refractivity contribution in [2.24, 2.45) is 17.4 Å². The Labute approximate surface area is 114 Å². The summed E-state index contributed by atoms with van der Waals surface area (Å²) in [6.07, 6.45) is 0.925. The first-order valence-electron chi connectivity index (χ1n) is 6.38. The third-order valence-corrected chi connectivity index (χ3v) is 3.41. The van der Waals surface area contributed by atoms with E-state index in [9.17, 15) is 0 Å². The fourth-order valence-corrected chi connectivity index (χ4v) is 2.13. The molecule has 0 heterocycles. The molecule has 0 saturated heterocycles. The summed E-state index contributed by atoms with van der Waals surface area (Å²) in [5.41, 5.74) is 13.0. The van der Waals surface area contributed by atoms with Crippen LogP contribution in [0.4, 0.5) is 0 Å². The number of methoxy groups -OCH3 is 3.